The third-order valence-corrected chi connectivity index (χ3v) is 4.34. The highest BCUT2D eigenvalue weighted by molar-refractivity contribution is 6.05. The van der Waals surface area contributed by atoms with Crippen LogP contribution < -0.4 is 5.43 Å². The summed E-state index contributed by atoms with van der Waals surface area (Å²) in [6, 6.07) is 11.6. The van der Waals surface area contributed by atoms with Crippen LogP contribution in [-0.2, 0) is 6.42 Å². The fraction of sp³-hybridized carbons (Fsp3) is 0.222. The zero-order valence-electron chi connectivity index (χ0n) is 12.9. The Kier molecular flexibility index (Phi) is 3.26. The molecule has 3 aromatic rings. The Labute approximate surface area is 134 Å². The van der Waals surface area contributed by atoms with Gasteiger partial charge in [-0.2, -0.15) is 5.10 Å². The summed E-state index contributed by atoms with van der Waals surface area (Å²) < 4.78 is 0. The predicted octanol–water partition coefficient (Wildman–Crippen LogP) is 3.73. The van der Waals surface area contributed by atoms with Crippen LogP contribution in [0, 0.1) is 6.92 Å². The van der Waals surface area contributed by atoms with Gasteiger partial charge in [0.2, 0.25) is 5.95 Å². The molecule has 1 aliphatic carbocycles. The van der Waals surface area contributed by atoms with Gasteiger partial charge in [0.1, 0.15) is 5.75 Å². The van der Waals surface area contributed by atoms with E-state index in [0.717, 1.165) is 41.6 Å². The quantitative estimate of drug-likeness (QED) is 0.632. The molecule has 4 rings (SSSR count). The molecule has 5 nitrogen and oxygen atoms in total. The molecular weight excluding hydrogens is 288 g/mol. The van der Waals surface area contributed by atoms with Crippen LogP contribution in [0.1, 0.15) is 29.5 Å². The van der Waals surface area contributed by atoms with Crippen LogP contribution in [0.15, 0.2) is 41.5 Å². The Bertz CT molecular complexity index is 878. The third-order valence-electron chi connectivity index (χ3n) is 4.34. The van der Waals surface area contributed by atoms with E-state index >= 15 is 0 Å². The number of hydrazone groups is 1. The molecule has 1 aliphatic rings. The molecule has 0 spiro atoms. The van der Waals surface area contributed by atoms with Crippen LogP contribution in [0.25, 0.3) is 11.0 Å². The molecule has 0 bridgehead atoms. The SMILES string of the molecule is Cc1ccc(O)c2c1CCC/C2=N\Nc1nc2ccccc2[nH]1. The maximum absolute atomic E-state index is 10.2. The number of benzene rings is 2. The number of aromatic hydroxyl groups is 1. The molecule has 116 valence electrons. The first kappa shape index (κ1) is 13.8. The van der Waals surface area contributed by atoms with E-state index in [4.69, 9.17) is 0 Å². The number of anilines is 1. The van der Waals surface area contributed by atoms with Crippen LogP contribution in [0.2, 0.25) is 0 Å². The van der Waals surface area contributed by atoms with Gasteiger partial charge in [0, 0.05) is 5.56 Å². The van der Waals surface area contributed by atoms with Gasteiger partial charge in [-0.25, -0.2) is 10.4 Å². The summed E-state index contributed by atoms with van der Waals surface area (Å²) >= 11 is 0. The molecule has 1 aromatic heterocycles. The van der Waals surface area contributed by atoms with Gasteiger partial charge < -0.3 is 10.1 Å². The van der Waals surface area contributed by atoms with E-state index in [-0.39, 0.29) is 0 Å². The standard InChI is InChI=1S/C18H18N4O/c1-11-9-10-16(23)17-12(11)5-4-8-15(17)21-22-18-19-13-6-2-3-7-14(13)20-18/h2-3,6-7,9-10,23H,4-5,8H2,1H3,(H2,19,20,22)/b21-15+. The lowest BCUT2D eigenvalue weighted by Gasteiger charge is -2.20. The van der Waals surface area contributed by atoms with Crippen molar-refractivity contribution in [3.05, 3.63) is 53.1 Å². The summed E-state index contributed by atoms with van der Waals surface area (Å²) in [6.45, 7) is 2.08. The molecule has 5 heteroatoms. The average molecular weight is 306 g/mol. The molecule has 1 heterocycles. The minimum Gasteiger partial charge on any atom is -0.507 e. The van der Waals surface area contributed by atoms with E-state index in [1.54, 1.807) is 6.07 Å². The first-order valence-corrected chi connectivity index (χ1v) is 7.81. The van der Waals surface area contributed by atoms with E-state index in [1.807, 2.05) is 30.3 Å². The summed E-state index contributed by atoms with van der Waals surface area (Å²) in [4.78, 5) is 7.65. The van der Waals surface area contributed by atoms with Crippen LogP contribution in [-0.4, -0.2) is 20.8 Å². The summed E-state index contributed by atoms with van der Waals surface area (Å²) in [6.07, 6.45) is 2.87. The van der Waals surface area contributed by atoms with Gasteiger partial charge in [0.05, 0.1) is 16.7 Å². The number of aromatic amines is 1. The summed E-state index contributed by atoms with van der Waals surface area (Å²) in [7, 11) is 0. The number of hydrogen-bond acceptors (Lipinski definition) is 4. The highest BCUT2D eigenvalue weighted by atomic mass is 16.3. The predicted molar refractivity (Wildman–Crippen MR) is 92.0 cm³/mol. The molecule has 0 radical (unpaired) electrons. The number of aryl methyl sites for hydroxylation is 1. The Hall–Kier alpha value is -2.82. The summed E-state index contributed by atoms with van der Waals surface area (Å²) in [5, 5.41) is 14.7. The second-order valence-corrected chi connectivity index (χ2v) is 5.88. The Morgan fingerprint density at radius 3 is 2.91 bits per heavy atom. The maximum atomic E-state index is 10.2. The van der Waals surface area contributed by atoms with Crippen molar-refractivity contribution in [1.29, 1.82) is 0 Å². The van der Waals surface area contributed by atoms with Gasteiger partial charge in [-0.3, -0.25) is 0 Å². The van der Waals surface area contributed by atoms with Crippen molar-refractivity contribution in [3.63, 3.8) is 0 Å². The van der Waals surface area contributed by atoms with E-state index in [2.05, 4.69) is 27.4 Å². The molecule has 2 aromatic carbocycles. The number of rotatable bonds is 2. The Morgan fingerprint density at radius 2 is 2.04 bits per heavy atom. The number of fused-ring (bicyclic) bond motifs is 2. The van der Waals surface area contributed by atoms with Crippen molar-refractivity contribution >= 4 is 22.7 Å². The number of phenolic OH excluding ortho intramolecular Hbond substituents is 1. The van der Waals surface area contributed by atoms with Crippen molar-refractivity contribution in [3.8, 4) is 5.75 Å². The number of nitrogens with one attached hydrogen (secondary N) is 2. The zero-order valence-corrected chi connectivity index (χ0v) is 12.9. The molecule has 0 amide bonds. The number of hydrogen-bond donors (Lipinski definition) is 3. The number of aromatic nitrogens is 2. The number of phenols is 1. The van der Waals surface area contributed by atoms with Crippen molar-refractivity contribution in [2.45, 2.75) is 26.2 Å². The van der Waals surface area contributed by atoms with Crippen molar-refractivity contribution in [2.24, 2.45) is 5.10 Å². The van der Waals surface area contributed by atoms with Crippen LogP contribution in [0.3, 0.4) is 0 Å². The lowest BCUT2D eigenvalue weighted by molar-refractivity contribution is 0.472. The lowest BCUT2D eigenvalue weighted by Crippen LogP contribution is -2.15. The minimum absolute atomic E-state index is 0.301. The van der Waals surface area contributed by atoms with Gasteiger partial charge in [0.15, 0.2) is 0 Å². The number of imidazole rings is 1. The Morgan fingerprint density at radius 1 is 1.17 bits per heavy atom. The zero-order chi connectivity index (χ0) is 15.8. The largest absolute Gasteiger partial charge is 0.507 e. The van der Waals surface area contributed by atoms with Crippen molar-refractivity contribution in [2.75, 3.05) is 5.43 Å². The van der Waals surface area contributed by atoms with Gasteiger partial charge in [-0.05, 0) is 55.5 Å². The monoisotopic (exact) mass is 306 g/mol. The van der Waals surface area contributed by atoms with Gasteiger partial charge in [0.25, 0.3) is 0 Å². The van der Waals surface area contributed by atoms with E-state index in [9.17, 15) is 5.11 Å². The molecule has 0 saturated heterocycles. The number of nitrogens with zero attached hydrogens (tertiary/aromatic N) is 2. The van der Waals surface area contributed by atoms with E-state index in [0.29, 0.717) is 11.7 Å². The van der Waals surface area contributed by atoms with Gasteiger partial charge >= 0.3 is 0 Å². The Balaban J connectivity index is 1.69. The van der Waals surface area contributed by atoms with Crippen LogP contribution in [0.5, 0.6) is 5.75 Å². The molecular formula is C18H18N4O. The topological polar surface area (TPSA) is 73.3 Å². The highest BCUT2D eigenvalue weighted by Crippen LogP contribution is 2.31. The summed E-state index contributed by atoms with van der Waals surface area (Å²) in [5.41, 5.74) is 9.03. The first-order valence-electron chi connectivity index (χ1n) is 7.81. The second kappa shape index (κ2) is 5.43. The molecule has 0 fully saturated rings. The van der Waals surface area contributed by atoms with E-state index < -0.39 is 0 Å². The lowest BCUT2D eigenvalue weighted by atomic mass is 9.86. The fourth-order valence-electron chi connectivity index (χ4n) is 3.18. The molecule has 23 heavy (non-hydrogen) atoms. The molecule has 0 atom stereocenters. The smallest absolute Gasteiger partial charge is 0.222 e. The normalized spacial score (nSPS) is 15.8. The van der Waals surface area contributed by atoms with E-state index in [1.165, 1.54) is 11.1 Å². The number of H-pyrrole nitrogens is 1. The second-order valence-electron chi connectivity index (χ2n) is 5.88. The molecule has 0 aliphatic heterocycles. The third kappa shape index (κ3) is 2.44. The van der Waals surface area contributed by atoms with Crippen molar-refractivity contribution < 1.29 is 5.11 Å². The van der Waals surface area contributed by atoms with Crippen molar-refractivity contribution in [1.82, 2.24) is 9.97 Å². The fourth-order valence-corrected chi connectivity index (χ4v) is 3.18. The molecule has 3 N–H and O–H groups in total. The van der Waals surface area contributed by atoms with Gasteiger partial charge in [-0.1, -0.05) is 18.2 Å². The highest BCUT2D eigenvalue weighted by Gasteiger charge is 2.21. The minimum atomic E-state index is 0.301. The number of para-hydroxylation sites is 2. The maximum Gasteiger partial charge on any atom is 0.222 e. The first-order chi connectivity index (χ1) is 11.2. The average Bonchev–Trinajstić information content (AvgIpc) is 2.99. The molecule has 0 saturated carbocycles. The van der Waals surface area contributed by atoms with Crippen LogP contribution in [0.4, 0.5) is 5.95 Å². The van der Waals surface area contributed by atoms with Gasteiger partial charge in [-0.15, -0.1) is 0 Å². The summed E-state index contributed by atoms with van der Waals surface area (Å²) in [5.74, 6) is 0.911. The molecule has 0 unspecified atom stereocenters. The van der Waals surface area contributed by atoms with Crippen LogP contribution >= 0.6 is 0 Å².